The minimum atomic E-state index is -0.105. The largest absolute Gasteiger partial charge is 0.494 e. The molecule has 0 bridgehead atoms. The van der Waals surface area contributed by atoms with E-state index in [-0.39, 0.29) is 23.5 Å². The van der Waals surface area contributed by atoms with Gasteiger partial charge in [-0.2, -0.15) is 0 Å². The van der Waals surface area contributed by atoms with Crippen molar-refractivity contribution in [2.75, 3.05) is 50.9 Å². The predicted molar refractivity (Wildman–Crippen MR) is 129 cm³/mol. The number of aromatic nitrogens is 1. The van der Waals surface area contributed by atoms with Crippen molar-refractivity contribution in [1.82, 2.24) is 14.8 Å². The number of nitrogens with zero attached hydrogens (tertiary/aromatic N) is 3. The number of carbonyl (C=O) groups is 3. The van der Waals surface area contributed by atoms with Crippen LogP contribution in [0.2, 0.25) is 0 Å². The molecule has 1 aromatic carbocycles. The molecule has 1 N–H and O–H groups in total. The molecular formula is C22H30N4O4S2. The van der Waals surface area contributed by atoms with E-state index in [2.05, 4.69) is 15.2 Å². The SMILES string of the molecule is COc1cccc2sc(NC(=O)CN3CCN(C(=O)CCCCCSC(C)=O)CC3)nc12. The number of anilines is 1. The lowest BCUT2D eigenvalue weighted by Gasteiger charge is -2.34. The maximum Gasteiger partial charge on any atom is 0.240 e. The summed E-state index contributed by atoms with van der Waals surface area (Å²) in [4.78, 5) is 44.2. The first-order valence-electron chi connectivity index (χ1n) is 10.8. The standard InChI is InChI=1S/C22H30N4O4S2/c1-16(27)31-14-5-3-4-9-20(29)26-12-10-25(11-13-26)15-19(28)23-22-24-21-17(30-2)7-6-8-18(21)32-22/h6-8H,3-5,9-15H2,1-2H3,(H,23,24,28). The van der Waals surface area contributed by atoms with Crippen LogP contribution in [0.4, 0.5) is 5.13 Å². The molecule has 3 rings (SSSR count). The van der Waals surface area contributed by atoms with E-state index < -0.39 is 0 Å². The fourth-order valence-corrected chi connectivity index (χ4v) is 5.12. The maximum atomic E-state index is 12.5. The van der Waals surface area contributed by atoms with E-state index in [0.29, 0.717) is 43.5 Å². The predicted octanol–water partition coefficient (Wildman–Crippen LogP) is 3.23. The van der Waals surface area contributed by atoms with Crippen LogP contribution >= 0.6 is 23.1 Å². The number of thiazole rings is 1. The highest BCUT2D eigenvalue weighted by Crippen LogP contribution is 2.32. The van der Waals surface area contributed by atoms with Gasteiger partial charge in [-0.15, -0.1) is 0 Å². The van der Waals surface area contributed by atoms with Gasteiger partial charge >= 0.3 is 0 Å². The third-order valence-corrected chi connectivity index (χ3v) is 7.12. The number of amides is 2. The summed E-state index contributed by atoms with van der Waals surface area (Å²) in [6.07, 6.45) is 3.32. The first kappa shape index (κ1) is 24.5. The molecule has 2 heterocycles. The number of ether oxygens (including phenoxy) is 1. The Morgan fingerprint density at radius 3 is 2.66 bits per heavy atom. The van der Waals surface area contributed by atoms with E-state index in [1.807, 2.05) is 23.1 Å². The third-order valence-electron chi connectivity index (χ3n) is 5.28. The molecule has 0 spiro atoms. The molecule has 1 aliphatic heterocycles. The van der Waals surface area contributed by atoms with Crippen molar-refractivity contribution in [1.29, 1.82) is 0 Å². The van der Waals surface area contributed by atoms with Crippen LogP contribution in [0.25, 0.3) is 10.2 Å². The lowest BCUT2D eigenvalue weighted by molar-refractivity contribution is -0.133. The van der Waals surface area contributed by atoms with E-state index in [4.69, 9.17) is 4.74 Å². The molecule has 1 fully saturated rings. The van der Waals surface area contributed by atoms with Crippen LogP contribution in [0.5, 0.6) is 5.75 Å². The van der Waals surface area contributed by atoms with Gasteiger partial charge in [-0.05, 0) is 25.0 Å². The van der Waals surface area contributed by atoms with Gasteiger partial charge < -0.3 is 15.0 Å². The molecule has 1 aromatic heterocycles. The zero-order chi connectivity index (χ0) is 22.9. The second-order valence-electron chi connectivity index (χ2n) is 7.68. The summed E-state index contributed by atoms with van der Waals surface area (Å²) in [5.41, 5.74) is 0.750. The van der Waals surface area contributed by atoms with Gasteiger partial charge in [0.25, 0.3) is 0 Å². The van der Waals surface area contributed by atoms with Gasteiger partial charge in [0, 0.05) is 45.3 Å². The summed E-state index contributed by atoms with van der Waals surface area (Å²) < 4.78 is 6.29. The number of carbonyl (C=O) groups excluding carboxylic acids is 3. The van der Waals surface area contributed by atoms with Crippen LogP contribution in [0, 0.1) is 0 Å². The van der Waals surface area contributed by atoms with E-state index >= 15 is 0 Å². The third kappa shape index (κ3) is 7.18. The molecule has 174 valence electrons. The lowest BCUT2D eigenvalue weighted by Crippen LogP contribution is -2.50. The minimum Gasteiger partial charge on any atom is -0.494 e. The highest BCUT2D eigenvalue weighted by atomic mass is 32.2. The second kappa shape index (κ2) is 12.2. The summed E-state index contributed by atoms with van der Waals surface area (Å²) in [6.45, 7) is 4.51. The smallest absolute Gasteiger partial charge is 0.240 e. The first-order valence-corrected chi connectivity index (χ1v) is 12.6. The molecule has 2 amide bonds. The Balaban J connectivity index is 1.36. The number of hydrogen-bond donors (Lipinski definition) is 1. The van der Waals surface area contributed by atoms with E-state index in [1.165, 1.54) is 23.1 Å². The van der Waals surface area contributed by atoms with E-state index in [9.17, 15) is 14.4 Å². The van der Waals surface area contributed by atoms with Crippen LogP contribution in [-0.4, -0.2) is 77.3 Å². The molecule has 0 unspecified atom stereocenters. The molecule has 1 aliphatic rings. The summed E-state index contributed by atoms with van der Waals surface area (Å²) >= 11 is 2.77. The summed E-state index contributed by atoms with van der Waals surface area (Å²) in [6, 6.07) is 5.70. The zero-order valence-electron chi connectivity index (χ0n) is 18.6. The Bertz CT molecular complexity index is 941. The van der Waals surface area contributed by atoms with Gasteiger partial charge in [-0.1, -0.05) is 35.6 Å². The molecule has 0 atom stereocenters. The normalized spacial score (nSPS) is 14.5. The molecule has 1 saturated heterocycles. The number of para-hydroxylation sites is 1. The monoisotopic (exact) mass is 478 g/mol. The highest BCUT2D eigenvalue weighted by molar-refractivity contribution is 8.13. The highest BCUT2D eigenvalue weighted by Gasteiger charge is 2.22. The van der Waals surface area contributed by atoms with Gasteiger partial charge in [0.1, 0.15) is 11.3 Å². The van der Waals surface area contributed by atoms with E-state index in [1.54, 1.807) is 14.0 Å². The number of nitrogens with one attached hydrogen (secondary N) is 1. The Kier molecular flexibility index (Phi) is 9.31. The number of thioether (sulfide) groups is 1. The Morgan fingerprint density at radius 2 is 1.94 bits per heavy atom. The van der Waals surface area contributed by atoms with Crippen LogP contribution < -0.4 is 10.1 Å². The first-order chi connectivity index (χ1) is 15.5. The van der Waals surface area contributed by atoms with Crippen molar-refractivity contribution >= 4 is 55.4 Å². The van der Waals surface area contributed by atoms with Crippen molar-refractivity contribution in [2.45, 2.75) is 32.6 Å². The number of piperazine rings is 1. The average Bonchev–Trinajstić information content (AvgIpc) is 3.18. The summed E-state index contributed by atoms with van der Waals surface area (Å²) in [5.74, 6) is 1.59. The van der Waals surface area contributed by atoms with Crippen molar-refractivity contribution in [3.8, 4) is 5.75 Å². The van der Waals surface area contributed by atoms with Crippen LogP contribution in [0.15, 0.2) is 18.2 Å². The van der Waals surface area contributed by atoms with Gasteiger partial charge in [0.2, 0.25) is 11.8 Å². The van der Waals surface area contributed by atoms with Gasteiger partial charge in [-0.25, -0.2) is 4.98 Å². The number of unbranched alkanes of at least 4 members (excludes halogenated alkanes) is 2. The van der Waals surface area contributed by atoms with Crippen molar-refractivity contribution in [3.05, 3.63) is 18.2 Å². The second-order valence-corrected chi connectivity index (χ2v) is 9.98. The molecule has 0 radical (unpaired) electrons. The van der Waals surface area contributed by atoms with Gasteiger partial charge in [0.15, 0.2) is 10.2 Å². The molecule has 10 heteroatoms. The van der Waals surface area contributed by atoms with Crippen molar-refractivity contribution < 1.29 is 19.1 Å². The Labute approximate surface area is 196 Å². The fourth-order valence-electron chi connectivity index (χ4n) is 3.59. The fraction of sp³-hybridized carbons (Fsp3) is 0.545. The van der Waals surface area contributed by atoms with Crippen molar-refractivity contribution in [3.63, 3.8) is 0 Å². The van der Waals surface area contributed by atoms with Gasteiger partial charge in [-0.3, -0.25) is 19.3 Å². The Morgan fingerprint density at radius 1 is 1.16 bits per heavy atom. The number of rotatable bonds is 10. The zero-order valence-corrected chi connectivity index (χ0v) is 20.2. The molecular weight excluding hydrogens is 448 g/mol. The Hall–Kier alpha value is -2.17. The molecule has 2 aromatic rings. The van der Waals surface area contributed by atoms with Crippen LogP contribution in [0.1, 0.15) is 32.6 Å². The number of fused-ring (bicyclic) bond motifs is 1. The molecule has 8 nitrogen and oxygen atoms in total. The van der Waals surface area contributed by atoms with Crippen LogP contribution in [0.3, 0.4) is 0 Å². The summed E-state index contributed by atoms with van der Waals surface area (Å²) in [7, 11) is 1.60. The summed E-state index contributed by atoms with van der Waals surface area (Å²) in [5, 5.41) is 3.59. The molecule has 0 saturated carbocycles. The maximum absolute atomic E-state index is 12.5. The molecule has 0 aliphatic carbocycles. The number of methoxy groups -OCH3 is 1. The number of hydrogen-bond acceptors (Lipinski definition) is 8. The average molecular weight is 479 g/mol. The molecule has 32 heavy (non-hydrogen) atoms. The number of benzene rings is 1. The quantitative estimate of drug-likeness (QED) is 0.524. The topological polar surface area (TPSA) is 91.8 Å². The van der Waals surface area contributed by atoms with E-state index in [0.717, 1.165) is 35.2 Å². The minimum absolute atomic E-state index is 0.105. The van der Waals surface area contributed by atoms with Crippen molar-refractivity contribution in [2.24, 2.45) is 0 Å². The van der Waals surface area contributed by atoms with Crippen LogP contribution in [-0.2, 0) is 14.4 Å². The van der Waals surface area contributed by atoms with Gasteiger partial charge in [0.05, 0.1) is 18.4 Å². The lowest BCUT2D eigenvalue weighted by atomic mass is 10.2.